The minimum Gasteiger partial charge on any atom is -0.493 e. The Morgan fingerprint density at radius 1 is 1.21 bits per heavy atom. The fourth-order valence-electron chi connectivity index (χ4n) is 1.78. The lowest BCUT2D eigenvalue weighted by molar-refractivity contribution is 0.173. The Bertz CT molecular complexity index is 410. The highest BCUT2D eigenvalue weighted by Crippen LogP contribution is 2.39. The first-order chi connectivity index (χ1) is 9.01. The fraction of sp³-hybridized carbons (Fsp3) is 0.571. The average molecular weight is 288 g/mol. The molecule has 2 N–H and O–H groups in total. The number of methoxy groups -OCH3 is 2. The van der Waals surface area contributed by atoms with Gasteiger partial charge in [-0.2, -0.15) is 0 Å². The van der Waals surface area contributed by atoms with E-state index in [-0.39, 0.29) is 0 Å². The van der Waals surface area contributed by atoms with Gasteiger partial charge in [0.1, 0.15) is 0 Å². The standard InChI is InChI=1S/C14H22ClNO3/c1-9(2)7-16-8-11(17)10-5-6-12(18-3)14(19-4)13(10)15/h5-6,9,11,16-17H,7-8H2,1-4H3. The maximum atomic E-state index is 10.2. The normalized spacial score (nSPS) is 12.6. The minimum absolute atomic E-state index is 0.390. The van der Waals surface area contributed by atoms with Crippen molar-refractivity contribution >= 4 is 11.6 Å². The number of hydrogen-bond donors (Lipinski definition) is 2. The van der Waals surface area contributed by atoms with Crippen LogP contribution in [0.3, 0.4) is 0 Å². The van der Waals surface area contributed by atoms with Crippen molar-refractivity contribution in [3.05, 3.63) is 22.7 Å². The van der Waals surface area contributed by atoms with E-state index in [1.165, 1.54) is 7.11 Å². The van der Waals surface area contributed by atoms with E-state index in [1.807, 2.05) is 0 Å². The van der Waals surface area contributed by atoms with Gasteiger partial charge in [-0.05, 0) is 18.5 Å². The van der Waals surface area contributed by atoms with Gasteiger partial charge in [0.2, 0.25) is 0 Å². The molecule has 4 nitrogen and oxygen atoms in total. The third-order valence-electron chi connectivity index (χ3n) is 2.76. The molecule has 108 valence electrons. The average Bonchev–Trinajstić information content (AvgIpc) is 2.37. The van der Waals surface area contributed by atoms with Gasteiger partial charge in [-0.1, -0.05) is 31.5 Å². The molecule has 1 aromatic carbocycles. The molecular formula is C14H22ClNO3. The molecule has 19 heavy (non-hydrogen) atoms. The fourth-order valence-corrected chi connectivity index (χ4v) is 2.14. The summed E-state index contributed by atoms with van der Waals surface area (Å²) in [5.74, 6) is 1.54. The second-order valence-corrected chi connectivity index (χ2v) is 5.15. The molecule has 0 saturated carbocycles. The van der Waals surface area contributed by atoms with Crippen molar-refractivity contribution in [2.45, 2.75) is 20.0 Å². The van der Waals surface area contributed by atoms with E-state index in [4.69, 9.17) is 21.1 Å². The van der Waals surface area contributed by atoms with Crippen LogP contribution >= 0.6 is 11.6 Å². The lowest BCUT2D eigenvalue weighted by Crippen LogP contribution is -2.25. The Labute approximate surface area is 119 Å². The van der Waals surface area contributed by atoms with Crippen molar-refractivity contribution in [2.75, 3.05) is 27.3 Å². The second-order valence-electron chi connectivity index (χ2n) is 4.77. The van der Waals surface area contributed by atoms with Crippen LogP contribution in [-0.2, 0) is 0 Å². The van der Waals surface area contributed by atoms with Crippen LogP contribution in [0, 0.1) is 5.92 Å². The van der Waals surface area contributed by atoms with Crippen LogP contribution in [0.1, 0.15) is 25.5 Å². The number of benzene rings is 1. The minimum atomic E-state index is -0.675. The third kappa shape index (κ3) is 4.27. The van der Waals surface area contributed by atoms with Gasteiger partial charge < -0.3 is 19.9 Å². The Morgan fingerprint density at radius 2 is 1.89 bits per heavy atom. The largest absolute Gasteiger partial charge is 0.493 e. The third-order valence-corrected chi connectivity index (χ3v) is 3.15. The lowest BCUT2D eigenvalue weighted by atomic mass is 10.1. The molecule has 0 fully saturated rings. The highest BCUT2D eigenvalue weighted by atomic mass is 35.5. The number of hydrogen-bond acceptors (Lipinski definition) is 4. The van der Waals surface area contributed by atoms with Crippen LogP contribution in [0.15, 0.2) is 12.1 Å². The van der Waals surface area contributed by atoms with E-state index in [0.29, 0.717) is 34.5 Å². The molecule has 5 heteroatoms. The number of halogens is 1. The SMILES string of the molecule is COc1ccc(C(O)CNCC(C)C)c(Cl)c1OC. The van der Waals surface area contributed by atoms with E-state index < -0.39 is 6.10 Å². The van der Waals surface area contributed by atoms with E-state index in [1.54, 1.807) is 19.2 Å². The molecule has 0 amide bonds. The van der Waals surface area contributed by atoms with Gasteiger partial charge in [0.25, 0.3) is 0 Å². The van der Waals surface area contributed by atoms with E-state index in [0.717, 1.165) is 6.54 Å². The highest BCUT2D eigenvalue weighted by molar-refractivity contribution is 6.33. The Balaban J connectivity index is 2.82. The summed E-state index contributed by atoms with van der Waals surface area (Å²) >= 11 is 6.24. The molecule has 0 aliphatic heterocycles. The zero-order valence-corrected chi connectivity index (χ0v) is 12.6. The van der Waals surface area contributed by atoms with Gasteiger partial charge in [-0.15, -0.1) is 0 Å². The van der Waals surface area contributed by atoms with Crippen molar-refractivity contribution in [3.63, 3.8) is 0 Å². The second kappa shape index (κ2) is 7.58. The molecule has 1 rings (SSSR count). The molecule has 1 unspecified atom stereocenters. The number of aliphatic hydroxyl groups excluding tert-OH is 1. The number of aliphatic hydroxyl groups is 1. The Morgan fingerprint density at radius 3 is 2.42 bits per heavy atom. The number of rotatable bonds is 7. The summed E-state index contributed by atoms with van der Waals surface area (Å²) in [5, 5.41) is 13.7. The molecule has 0 radical (unpaired) electrons. The van der Waals surface area contributed by atoms with Crippen LogP contribution in [0.5, 0.6) is 11.5 Å². The Kier molecular flexibility index (Phi) is 6.42. The van der Waals surface area contributed by atoms with Gasteiger partial charge in [0, 0.05) is 12.1 Å². The monoisotopic (exact) mass is 287 g/mol. The van der Waals surface area contributed by atoms with Crippen LogP contribution in [0.2, 0.25) is 5.02 Å². The van der Waals surface area contributed by atoms with Crippen molar-refractivity contribution in [1.29, 1.82) is 0 Å². The van der Waals surface area contributed by atoms with Crippen molar-refractivity contribution < 1.29 is 14.6 Å². The molecule has 0 saturated heterocycles. The van der Waals surface area contributed by atoms with Gasteiger partial charge in [-0.25, -0.2) is 0 Å². The molecule has 1 atom stereocenters. The maximum Gasteiger partial charge on any atom is 0.179 e. The molecule has 0 spiro atoms. The van der Waals surface area contributed by atoms with Crippen LogP contribution in [0.4, 0.5) is 0 Å². The van der Waals surface area contributed by atoms with Crippen LogP contribution in [-0.4, -0.2) is 32.4 Å². The maximum absolute atomic E-state index is 10.2. The lowest BCUT2D eigenvalue weighted by Gasteiger charge is -2.17. The van der Waals surface area contributed by atoms with Gasteiger partial charge in [0.05, 0.1) is 25.3 Å². The number of ether oxygens (including phenoxy) is 2. The van der Waals surface area contributed by atoms with Gasteiger partial charge in [0.15, 0.2) is 11.5 Å². The summed E-state index contributed by atoms with van der Waals surface area (Å²) in [5.41, 5.74) is 0.635. The van der Waals surface area contributed by atoms with Crippen LogP contribution in [0.25, 0.3) is 0 Å². The molecule has 1 aromatic rings. The van der Waals surface area contributed by atoms with E-state index in [2.05, 4.69) is 19.2 Å². The summed E-state index contributed by atoms with van der Waals surface area (Å²) in [6.45, 7) is 5.53. The summed E-state index contributed by atoms with van der Waals surface area (Å²) in [7, 11) is 3.07. The highest BCUT2D eigenvalue weighted by Gasteiger charge is 2.18. The zero-order valence-electron chi connectivity index (χ0n) is 11.9. The topological polar surface area (TPSA) is 50.7 Å². The van der Waals surface area contributed by atoms with Crippen molar-refractivity contribution in [1.82, 2.24) is 5.32 Å². The molecule has 0 aliphatic carbocycles. The van der Waals surface area contributed by atoms with Gasteiger partial charge in [-0.3, -0.25) is 0 Å². The van der Waals surface area contributed by atoms with Crippen molar-refractivity contribution in [3.8, 4) is 11.5 Å². The van der Waals surface area contributed by atoms with Crippen LogP contribution < -0.4 is 14.8 Å². The van der Waals surface area contributed by atoms with E-state index in [9.17, 15) is 5.11 Å². The zero-order chi connectivity index (χ0) is 14.4. The quantitative estimate of drug-likeness (QED) is 0.809. The predicted molar refractivity (Wildman–Crippen MR) is 77.2 cm³/mol. The first-order valence-corrected chi connectivity index (χ1v) is 6.68. The summed E-state index contributed by atoms with van der Waals surface area (Å²) in [4.78, 5) is 0. The molecule has 0 bridgehead atoms. The number of nitrogens with one attached hydrogen (secondary N) is 1. The molecule has 0 aliphatic rings. The summed E-state index contributed by atoms with van der Waals surface area (Å²) in [6.07, 6.45) is -0.675. The summed E-state index contributed by atoms with van der Waals surface area (Å²) < 4.78 is 10.4. The summed E-state index contributed by atoms with van der Waals surface area (Å²) in [6, 6.07) is 3.50. The first-order valence-electron chi connectivity index (χ1n) is 6.30. The van der Waals surface area contributed by atoms with Crippen molar-refractivity contribution in [2.24, 2.45) is 5.92 Å². The smallest absolute Gasteiger partial charge is 0.179 e. The molecular weight excluding hydrogens is 266 g/mol. The van der Waals surface area contributed by atoms with E-state index >= 15 is 0 Å². The first kappa shape index (κ1) is 16.1. The molecule has 0 aromatic heterocycles. The van der Waals surface area contributed by atoms with Gasteiger partial charge >= 0.3 is 0 Å². The predicted octanol–water partition coefficient (Wildman–Crippen LogP) is 2.64. The molecule has 0 heterocycles. The Hall–Kier alpha value is -0.970.